The predicted molar refractivity (Wildman–Crippen MR) is 74.2 cm³/mol. The van der Waals surface area contributed by atoms with Gasteiger partial charge in [0, 0.05) is 18.3 Å². The Morgan fingerprint density at radius 1 is 1.38 bits per heavy atom. The zero-order valence-electron chi connectivity index (χ0n) is 10.8. The zero-order chi connectivity index (χ0) is 15.2. The summed E-state index contributed by atoms with van der Waals surface area (Å²) in [5.41, 5.74) is 6.55. The van der Waals surface area contributed by atoms with Crippen LogP contribution >= 0.6 is 0 Å². The van der Waals surface area contributed by atoms with Crippen molar-refractivity contribution in [3.8, 4) is 5.75 Å². The Balaban J connectivity index is 2.04. The van der Waals surface area contributed by atoms with Crippen molar-refractivity contribution < 1.29 is 14.9 Å². The number of aromatic nitrogens is 1. The van der Waals surface area contributed by atoms with Crippen molar-refractivity contribution in [2.24, 2.45) is 10.9 Å². The lowest BCUT2D eigenvalue weighted by atomic mass is 10.2. The lowest BCUT2D eigenvalue weighted by Gasteiger charge is -2.07. The van der Waals surface area contributed by atoms with Gasteiger partial charge in [-0.2, -0.15) is 0 Å². The molecule has 0 radical (unpaired) electrons. The van der Waals surface area contributed by atoms with E-state index in [4.69, 9.17) is 15.7 Å². The summed E-state index contributed by atoms with van der Waals surface area (Å²) in [6.45, 7) is 0.228. The van der Waals surface area contributed by atoms with E-state index in [1.807, 2.05) is 0 Å². The molecule has 8 heteroatoms. The number of hydrogen-bond acceptors (Lipinski definition) is 6. The Morgan fingerprint density at radius 3 is 2.71 bits per heavy atom. The highest BCUT2D eigenvalue weighted by molar-refractivity contribution is 5.95. The standard InChI is InChI=1S/C13H12N4O4/c14-13(16-18)12-7-9(5-6-15-12)8-21-11-3-1-10(2-4-11)17(19)20/h1-7,18H,8H2,(H2,14,16). The van der Waals surface area contributed by atoms with Crippen LogP contribution in [0.3, 0.4) is 0 Å². The highest BCUT2D eigenvalue weighted by Gasteiger charge is 2.06. The number of ether oxygens (including phenoxy) is 1. The lowest BCUT2D eigenvalue weighted by Crippen LogP contribution is -2.15. The molecular weight excluding hydrogens is 276 g/mol. The Hall–Kier alpha value is -3.16. The number of nitro groups is 1. The molecule has 3 N–H and O–H groups in total. The molecule has 1 heterocycles. The van der Waals surface area contributed by atoms with E-state index < -0.39 is 4.92 Å². The van der Waals surface area contributed by atoms with Gasteiger partial charge in [0.25, 0.3) is 5.69 Å². The summed E-state index contributed by atoms with van der Waals surface area (Å²) in [5.74, 6) is 0.412. The van der Waals surface area contributed by atoms with Crippen LogP contribution in [0.2, 0.25) is 0 Å². The van der Waals surface area contributed by atoms with Gasteiger partial charge in [0.05, 0.1) is 4.92 Å². The molecule has 8 nitrogen and oxygen atoms in total. The molecule has 1 aromatic carbocycles. The number of rotatable bonds is 5. The van der Waals surface area contributed by atoms with E-state index in [9.17, 15) is 10.1 Å². The molecule has 2 aromatic rings. The van der Waals surface area contributed by atoms with Crippen LogP contribution in [0.5, 0.6) is 5.75 Å². The fourth-order valence-corrected chi connectivity index (χ4v) is 1.59. The van der Waals surface area contributed by atoms with Gasteiger partial charge in [-0.25, -0.2) is 0 Å². The summed E-state index contributed by atoms with van der Waals surface area (Å²) in [6.07, 6.45) is 1.52. The van der Waals surface area contributed by atoms with Crippen molar-refractivity contribution in [2.45, 2.75) is 6.61 Å². The van der Waals surface area contributed by atoms with E-state index >= 15 is 0 Å². The van der Waals surface area contributed by atoms with E-state index in [0.29, 0.717) is 11.4 Å². The molecule has 0 amide bonds. The molecule has 0 saturated heterocycles. The Labute approximate surface area is 119 Å². The molecule has 0 atom stereocenters. The Morgan fingerprint density at radius 2 is 2.10 bits per heavy atom. The third-order valence-electron chi connectivity index (χ3n) is 2.65. The van der Waals surface area contributed by atoms with E-state index in [2.05, 4.69) is 10.1 Å². The zero-order valence-corrected chi connectivity index (χ0v) is 10.8. The summed E-state index contributed by atoms with van der Waals surface area (Å²) in [7, 11) is 0. The maximum atomic E-state index is 10.5. The number of pyridine rings is 1. The number of amidine groups is 1. The van der Waals surface area contributed by atoms with Gasteiger partial charge in [-0.15, -0.1) is 0 Å². The summed E-state index contributed by atoms with van der Waals surface area (Å²) < 4.78 is 5.50. The number of nitrogens with zero attached hydrogens (tertiary/aromatic N) is 3. The highest BCUT2D eigenvalue weighted by Crippen LogP contribution is 2.18. The molecule has 0 bridgehead atoms. The molecule has 108 valence electrons. The number of nitro benzene ring substituents is 1. The SMILES string of the molecule is NC(=NO)c1cc(COc2ccc([N+](=O)[O-])cc2)ccn1. The molecule has 1 aromatic heterocycles. The van der Waals surface area contributed by atoms with Crippen LogP contribution in [0.25, 0.3) is 0 Å². The summed E-state index contributed by atoms with van der Waals surface area (Å²) >= 11 is 0. The second-order valence-corrected chi connectivity index (χ2v) is 4.07. The first-order valence-corrected chi connectivity index (χ1v) is 5.90. The van der Waals surface area contributed by atoms with Gasteiger partial charge in [0.15, 0.2) is 5.84 Å². The first-order valence-electron chi connectivity index (χ1n) is 5.90. The first kappa shape index (κ1) is 14.3. The van der Waals surface area contributed by atoms with Crippen molar-refractivity contribution in [1.82, 2.24) is 4.98 Å². The van der Waals surface area contributed by atoms with Gasteiger partial charge >= 0.3 is 0 Å². The van der Waals surface area contributed by atoms with E-state index in [-0.39, 0.29) is 18.1 Å². The molecule has 0 unspecified atom stereocenters. The summed E-state index contributed by atoms with van der Waals surface area (Å²) in [5, 5.41) is 22.0. The van der Waals surface area contributed by atoms with Crippen LogP contribution in [0, 0.1) is 10.1 Å². The van der Waals surface area contributed by atoms with Crippen LogP contribution in [-0.2, 0) is 6.61 Å². The quantitative estimate of drug-likeness (QED) is 0.283. The van der Waals surface area contributed by atoms with Crippen LogP contribution in [-0.4, -0.2) is 21.0 Å². The molecule has 0 saturated carbocycles. The summed E-state index contributed by atoms with van der Waals surface area (Å²) in [6, 6.07) is 9.11. The van der Waals surface area contributed by atoms with Crippen molar-refractivity contribution >= 4 is 11.5 Å². The topological polar surface area (TPSA) is 124 Å². The van der Waals surface area contributed by atoms with Gasteiger partial charge in [0.2, 0.25) is 0 Å². The molecular formula is C13H12N4O4. The number of benzene rings is 1. The largest absolute Gasteiger partial charge is 0.489 e. The van der Waals surface area contributed by atoms with Crippen molar-refractivity contribution in [3.63, 3.8) is 0 Å². The van der Waals surface area contributed by atoms with Gasteiger partial charge < -0.3 is 15.7 Å². The molecule has 0 spiro atoms. The Bertz CT molecular complexity index is 670. The van der Waals surface area contributed by atoms with Crippen LogP contribution in [0.15, 0.2) is 47.8 Å². The molecule has 0 fully saturated rings. The average Bonchev–Trinajstić information content (AvgIpc) is 2.52. The van der Waals surface area contributed by atoms with Crippen molar-refractivity contribution in [1.29, 1.82) is 0 Å². The minimum Gasteiger partial charge on any atom is -0.489 e. The number of hydrogen-bond donors (Lipinski definition) is 2. The normalized spacial score (nSPS) is 11.1. The lowest BCUT2D eigenvalue weighted by molar-refractivity contribution is -0.384. The average molecular weight is 288 g/mol. The van der Waals surface area contributed by atoms with Crippen molar-refractivity contribution in [3.05, 3.63) is 64.0 Å². The van der Waals surface area contributed by atoms with Gasteiger partial charge in [0.1, 0.15) is 18.1 Å². The molecule has 2 rings (SSSR count). The molecule has 0 aliphatic heterocycles. The third-order valence-corrected chi connectivity index (χ3v) is 2.65. The first-order chi connectivity index (χ1) is 10.1. The maximum absolute atomic E-state index is 10.5. The second-order valence-electron chi connectivity index (χ2n) is 4.07. The van der Waals surface area contributed by atoms with E-state index in [0.717, 1.165) is 5.56 Å². The molecule has 0 aliphatic carbocycles. The minimum absolute atomic E-state index is 0.000443. The number of nitrogens with two attached hydrogens (primary N) is 1. The fourth-order valence-electron chi connectivity index (χ4n) is 1.59. The number of non-ortho nitro benzene ring substituents is 1. The predicted octanol–water partition coefficient (Wildman–Crippen LogP) is 1.66. The van der Waals surface area contributed by atoms with Crippen LogP contribution in [0.4, 0.5) is 5.69 Å². The monoisotopic (exact) mass is 288 g/mol. The fraction of sp³-hybridized carbons (Fsp3) is 0.0769. The van der Waals surface area contributed by atoms with Gasteiger partial charge in [-0.3, -0.25) is 15.1 Å². The minimum atomic E-state index is -0.476. The van der Waals surface area contributed by atoms with E-state index in [1.165, 1.54) is 30.5 Å². The maximum Gasteiger partial charge on any atom is 0.269 e. The molecule has 21 heavy (non-hydrogen) atoms. The third kappa shape index (κ3) is 3.66. The molecule has 0 aliphatic rings. The second kappa shape index (κ2) is 6.33. The highest BCUT2D eigenvalue weighted by atomic mass is 16.6. The van der Waals surface area contributed by atoms with Crippen molar-refractivity contribution in [2.75, 3.05) is 0 Å². The number of oxime groups is 1. The van der Waals surface area contributed by atoms with Gasteiger partial charge in [-0.1, -0.05) is 5.16 Å². The Kier molecular flexibility index (Phi) is 4.30. The van der Waals surface area contributed by atoms with Gasteiger partial charge in [-0.05, 0) is 29.8 Å². The van der Waals surface area contributed by atoms with Crippen LogP contribution < -0.4 is 10.5 Å². The smallest absolute Gasteiger partial charge is 0.269 e. The van der Waals surface area contributed by atoms with Crippen LogP contribution in [0.1, 0.15) is 11.3 Å². The van der Waals surface area contributed by atoms with E-state index in [1.54, 1.807) is 12.1 Å². The summed E-state index contributed by atoms with van der Waals surface area (Å²) in [4.78, 5) is 14.0.